The Hall–Kier alpha value is -3.68. The van der Waals surface area contributed by atoms with Crippen LogP contribution in [0.1, 0.15) is 29.2 Å². The molecule has 2 aliphatic rings. The fourth-order valence-corrected chi connectivity index (χ4v) is 4.80. The van der Waals surface area contributed by atoms with E-state index in [1.165, 1.54) is 0 Å². The molecule has 0 spiro atoms. The van der Waals surface area contributed by atoms with Crippen molar-refractivity contribution in [3.05, 3.63) is 66.4 Å². The molecular formula is C29H33N5O4. The van der Waals surface area contributed by atoms with Crippen LogP contribution in [-0.2, 0) is 4.74 Å². The van der Waals surface area contributed by atoms with Crippen molar-refractivity contribution in [3.63, 3.8) is 0 Å². The standard InChI is InChI=1S/C29H33N5O4/c30-29(36)26-21-34(31-28(26)22-10-12-25(13-11-22)38-24-7-2-1-3-8-24)23-6-4-15-33(20-23)27(35)9-5-14-32-16-18-37-19-17-32/h1-3,7-8,10-13,21,23,27,35H,4,6,14-20H2,(H2,30,36)/t23-,27?/m1/s1. The first-order valence-electron chi connectivity index (χ1n) is 13.0. The maximum absolute atomic E-state index is 12.3. The van der Waals surface area contributed by atoms with Gasteiger partial charge in [-0.1, -0.05) is 30.0 Å². The molecule has 0 aliphatic carbocycles. The van der Waals surface area contributed by atoms with E-state index in [2.05, 4.69) is 16.7 Å². The number of rotatable bonds is 7. The van der Waals surface area contributed by atoms with E-state index in [1.54, 1.807) is 6.20 Å². The summed E-state index contributed by atoms with van der Waals surface area (Å²) >= 11 is 0. The first-order valence-corrected chi connectivity index (χ1v) is 13.0. The number of morpholine rings is 1. The molecule has 0 bridgehead atoms. The average molecular weight is 516 g/mol. The van der Waals surface area contributed by atoms with Crippen LogP contribution in [0.15, 0.2) is 60.8 Å². The normalized spacial score (nSPS) is 19.3. The van der Waals surface area contributed by atoms with Crippen molar-refractivity contribution in [2.24, 2.45) is 5.73 Å². The number of nitrogens with two attached hydrogens (primary N) is 1. The largest absolute Gasteiger partial charge is 0.457 e. The number of hydrogen-bond donors (Lipinski definition) is 2. The van der Waals surface area contributed by atoms with Gasteiger partial charge in [-0.15, -0.1) is 0 Å². The number of carbonyl (C=O) groups excluding carboxylic acids is 1. The molecule has 2 fully saturated rings. The quantitative estimate of drug-likeness (QED) is 0.466. The fraction of sp³-hybridized carbons (Fsp3) is 0.379. The van der Waals surface area contributed by atoms with Crippen LogP contribution in [0.25, 0.3) is 11.3 Å². The second kappa shape index (κ2) is 12.2. The summed E-state index contributed by atoms with van der Waals surface area (Å²) in [5.74, 6) is 7.00. The van der Waals surface area contributed by atoms with Crippen molar-refractivity contribution in [3.8, 4) is 34.6 Å². The van der Waals surface area contributed by atoms with Gasteiger partial charge in [0.15, 0.2) is 6.23 Å². The lowest BCUT2D eigenvalue weighted by atomic mass is 10.1. The molecule has 9 heteroatoms. The molecule has 3 aromatic rings. The minimum Gasteiger partial charge on any atom is -0.457 e. The van der Waals surface area contributed by atoms with Gasteiger partial charge in [-0.25, -0.2) is 0 Å². The molecule has 2 atom stereocenters. The first kappa shape index (κ1) is 25.9. The molecule has 1 aromatic heterocycles. The third-order valence-corrected chi connectivity index (χ3v) is 6.89. The molecular weight excluding hydrogens is 482 g/mol. The zero-order chi connectivity index (χ0) is 26.3. The first-order chi connectivity index (χ1) is 18.6. The summed E-state index contributed by atoms with van der Waals surface area (Å²) in [6.45, 7) is 5.13. The molecule has 5 rings (SSSR count). The maximum Gasteiger partial charge on any atom is 0.252 e. The van der Waals surface area contributed by atoms with Crippen LogP contribution >= 0.6 is 0 Å². The maximum atomic E-state index is 12.3. The van der Waals surface area contributed by atoms with Gasteiger partial charge >= 0.3 is 0 Å². The molecule has 0 saturated carbocycles. The highest BCUT2D eigenvalue weighted by Gasteiger charge is 2.27. The lowest BCUT2D eigenvalue weighted by Gasteiger charge is -2.34. The topological polar surface area (TPSA) is 106 Å². The number of aliphatic hydroxyl groups is 1. The molecule has 2 saturated heterocycles. The minimum absolute atomic E-state index is 0.00743. The predicted molar refractivity (Wildman–Crippen MR) is 144 cm³/mol. The number of amides is 1. The van der Waals surface area contributed by atoms with E-state index in [-0.39, 0.29) is 6.04 Å². The number of aliphatic hydroxyl groups excluding tert-OH is 1. The average Bonchev–Trinajstić information content (AvgIpc) is 3.41. The second-order valence-electron chi connectivity index (χ2n) is 9.55. The number of benzene rings is 2. The molecule has 2 aromatic carbocycles. The summed E-state index contributed by atoms with van der Waals surface area (Å²) < 4.78 is 13.1. The van der Waals surface area contributed by atoms with Gasteiger partial charge in [0, 0.05) is 37.9 Å². The van der Waals surface area contributed by atoms with E-state index in [4.69, 9.17) is 20.3 Å². The van der Waals surface area contributed by atoms with Gasteiger partial charge in [-0.05, 0) is 49.2 Å². The van der Waals surface area contributed by atoms with Crippen LogP contribution in [-0.4, -0.2) is 82.8 Å². The van der Waals surface area contributed by atoms with Gasteiger partial charge < -0.3 is 20.3 Å². The van der Waals surface area contributed by atoms with Crippen molar-refractivity contribution in [1.29, 1.82) is 0 Å². The van der Waals surface area contributed by atoms with E-state index in [1.807, 2.05) is 64.2 Å². The number of hydrogen-bond acceptors (Lipinski definition) is 7. The van der Waals surface area contributed by atoms with Crippen molar-refractivity contribution >= 4 is 5.91 Å². The number of ether oxygens (including phenoxy) is 2. The number of primary amides is 1. The van der Waals surface area contributed by atoms with E-state index in [9.17, 15) is 9.90 Å². The fourth-order valence-electron chi connectivity index (χ4n) is 4.80. The van der Waals surface area contributed by atoms with E-state index in [0.717, 1.165) is 57.0 Å². The Morgan fingerprint density at radius 2 is 1.84 bits per heavy atom. The smallest absolute Gasteiger partial charge is 0.252 e. The predicted octanol–water partition coefficient (Wildman–Crippen LogP) is 2.73. The SMILES string of the molecule is NC(=O)c1cn([C@@H]2CCCN(C(O)C#CCN3CCOCC3)C2)nc1-c1ccc(Oc2ccccc2)cc1. The Morgan fingerprint density at radius 1 is 1.11 bits per heavy atom. The Morgan fingerprint density at radius 3 is 2.58 bits per heavy atom. The van der Waals surface area contributed by atoms with Crippen LogP contribution in [0, 0.1) is 11.8 Å². The monoisotopic (exact) mass is 515 g/mol. The molecule has 3 heterocycles. The lowest BCUT2D eigenvalue weighted by Crippen LogP contribution is -2.43. The summed E-state index contributed by atoms with van der Waals surface area (Å²) in [5, 5.41) is 15.5. The molecule has 9 nitrogen and oxygen atoms in total. The van der Waals surface area contributed by atoms with E-state index in [0.29, 0.717) is 30.1 Å². The van der Waals surface area contributed by atoms with Gasteiger partial charge in [0.05, 0.1) is 31.4 Å². The summed E-state index contributed by atoms with van der Waals surface area (Å²) in [4.78, 5) is 16.5. The molecule has 3 N–H and O–H groups in total. The molecule has 1 amide bonds. The highest BCUT2D eigenvalue weighted by Crippen LogP contribution is 2.29. The Kier molecular flexibility index (Phi) is 8.36. The summed E-state index contributed by atoms with van der Waals surface area (Å²) in [6.07, 6.45) is 2.64. The molecule has 198 valence electrons. The number of piperidine rings is 1. The third kappa shape index (κ3) is 6.41. The Bertz CT molecular complexity index is 1280. The van der Waals surface area contributed by atoms with Crippen molar-refractivity contribution in [1.82, 2.24) is 19.6 Å². The summed E-state index contributed by atoms with van der Waals surface area (Å²) in [6, 6.07) is 17.0. The van der Waals surface area contributed by atoms with Gasteiger partial charge in [-0.2, -0.15) is 5.10 Å². The van der Waals surface area contributed by atoms with Gasteiger partial charge in [0.25, 0.3) is 5.91 Å². The second-order valence-corrected chi connectivity index (χ2v) is 9.55. The number of likely N-dealkylation sites (tertiary alicyclic amines) is 1. The van der Waals surface area contributed by atoms with Crippen molar-refractivity contribution in [2.75, 3.05) is 45.9 Å². The number of aromatic nitrogens is 2. The number of nitrogens with zero attached hydrogens (tertiary/aromatic N) is 4. The third-order valence-electron chi connectivity index (χ3n) is 6.89. The van der Waals surface area contributed by atoms with E-state index < -0.39 is 12.1 Å². The van der Waals surface area contributed by atoms with Crippen LogP contribution in [0.5, 0.6) is 11.5 Å². The summed E-state index contributed by atoms with van der Waals surface area (Å²) in [7, 11) is 0. The van der Waals surface area contributed by atoms with Crippen molar-refractivity contribution < 1.29 is 19.4 Å². The molecule has 2 aliphatic heterocycles. The minimum atomic E-state index is -0.846. The van der Waals surface area contributed by atoms with Crippen molar-refractivity contribution in [2.45, 2.75) is 25.1 Å². The molecule has 0 radical (unpaired) electrons. The highest BCUT2D eigenvalue weighted by atomic mass is 16.5. The van der Waals surface area contributed by atoms with Crippen LogP contribution in [0.3, 0.4) is 0 Å². The van der Waals surface area contributed by atoms with Crippen LogP contribution in [0.2, 0.25) is 0 Å². The Labute approximate surface area is 222 Å². The number of carbonyl (C=O) groups is 1. The van der Waals surface area contributed by atoms with Gasteiger partial charge in [-0.3, -0.25) is 19.3 Å². The van der Waals surface area contributed by atoms with Gasteiger partial charge in [0.1, 0.15) is 17.2 Å². The number of para-hydroxylation sites is 1. The zero-order valence-electron chi connectivity index (χ0n) is 21.3. The molecule has 38 heavy (non-hydrogen) atoms. The lowest BCUT2D eigenvalue weighted by molar-refractivity contribution is 0.0180. The summed E-state index contributed by atoms with van der Waals surface area (Å²) in [5.41, 5.74) is 7.40. The highest BCUT2D eigenvalue weighted by molar-refractivity contribution is 5.98. The Balaban J connectivity index is 1.27. The van der Waals surface area contributed by atoms with Crippen LogP contribution in [0.4, 0.5) is 0 Å². The van der Waals surface area contributed by atoms with E-state index >= 15 is 0 Å². The van der Waals surface area contributed by atoms with Gasteiger partial charge in [0.2, 0.25) is 0 Å². The van der Waals surface area contributed by atoms with Crippen LogP contribution < -0.4 is 10.5 Å². The molecule has 1 unspecified atom stereocenters. The zero-order valence-corrected chi connectivity index (χ0v) is 21.3.